The maximum Gasteiger partial charge on any atom is 0.0234 e. The summed E-state index contributed by atoms with van der Waals surface area (Å²) in [7, 11) is 0. The molecule has 2 heteroatoms. The highest BCUT2D eigenvalue weighted by atomic mass is 15.3. The topological polar surface area (TPSA) is 6.48 Å². The van der Waals surface area contributed by atoms with E-state index < -0.39 is 0 Å². The predicted molar refractivity (Wildman–Crippen MR) is 96.3 cm³/mol. The summed E-state index contributed by atoms with van der Waals surface area (Å²) in [5, 5.41) is 0. The van der Waals surface area contributed by atoms with Crippen molar-refractivity contribution in [3.8, 4) is 0 Å². The van der Waals surface area contributed by atoms with Crippen LogP contribution in [0, 0.1) is 16.7 Å². The fourth-order valence-corrected chi connectivity index (χ4v) is 5.79. The van der Waals surface area contributed by atoms with Crippen LogP contribution in [0.3, 0.4) is 0 Å². The van der Waals surface area contributed by atoms with E-state index in [1.54, 1.807) is 0 Å². The summed E-state index contributed by atoms with van der Waals surface area (Å²) in [5.41, 5.74) is 2.53. The van der Waals surface area contributed by atoms with Crippen LogP contribution in [0.15, 0.2) is 30.3 Å². The maximum absolute atomic E-state index is 2.84. The number of hydrogen-bond acceptors (Lipinski definition) is 2. The average molecular weight is 313 g/mol. The summed E-state index contributed by atoms with van der Waals surface area (Å²) >= 11 is 0. The minimum atomic E-state index is 0.541. The van der Waals surface area contributed by atoms with Gasteiger partial charge in [-0.15, -0.1) is 0 Å². The Labute approximate surface area is 141 Å². The fraction of sp³-hybridized carbons (Fsp3) is 0.714. The molecule has 0 spiro atoms. The smallest absolute Gasteiger partial charge is 0.0234 e. The third kappa shape index (κ3) is 2.46. The van der Waals surface area contributed by atoms with E-state index in [1.165, 1.54) is 51.0 Å². The van der Waals surface area contributed by atoms with E-state index in [4.69, 9.17) is 0 Å². The number of benzene rings is 1. The monoisotopic (exact) mass is 312 g/mol. The summed E-state index contributed by atoms with van der Waals surface area (Å²) < 4.78 is 0. The normalized spacial score (nSPS) is 37.3. The number of fused-ring (bicyclic) bond motifs is 2. The van der Waals surface area contributed by atoms with Crippen LogP contribution in [0.25, 0.3) is 0 Å². The molecule has 1 aromatic rings. The molecule has 126 valence electrons. The minimum Gasteiger partial charge on any atom is -0.297 e. The van der Waals surface area contributed by atoms with Gasteiger partial charge in [-0.05, 0) is 41.6 Å². The molecular weight excluding hydrogens is 280 g/mol. The number of nitrogens with zero attached hydrogens (tertiary/aromatic N) is 2. The Morgan fingerprint density at radius 3 is 2.26 bits per heavy atom. The largest absolute Gasteiger partial charge is 0.297 e. The molecule has 1 aromatic carbocycles. The van der Waals surface area contributed by atoms with Gasteiger partial charge in [0.25, 0.3) is 0 Å². The lowest BCUT2D eigenvalue weighted by molar-refractivity contribution is 0.0113. The van der Waals surface area contributed by atoms with Gasteiger partial charge in [0.15, 0.2) is 0 Å². The molecule has 2 bridgehead atoms. The summed E-state index contributed by atoms with van der Waals surface area (Å²) in [6.07, 6.45) is 4.36. The van der Waals surface area contributed by atoms with Crippen LogP contribution >= 0.6 is 0 Å². The molecule has 3 fully saturated rings. The molecule has 1 heterocycles. The SMILES string of the molecule is CC1(C)C2CCC1(C)C(N1CCN(Cc3ccccc3)CC1)C2. The van der Waals surface area contributed by atoms with Crippen molar-refractivity contribution < 1.29 is 0 Å². The molecule has 2 nitrogen and oxygen atoms in total. The molecule has 3 aliphatic rings. The summed E-state index contributed by atoms with van der Waals surface area (Å²) in [6, 6.07) is 11.8. The van der Waals surface area contributed by atoms with E-state index in [0.29, 0.717) is 10.8 Å². The Kier molecular flexibility index (Phi) is 3.81. The van der Waals surface area contributed by atoms with Gasteiger partial charge < -0.3 is 0 Å². The first-order valence-corrected chi connectivity index (χ1v) is 9.51. The predicted octanol–water partition coefficient (Wildman–Crippen LogP) is 4.02. The lowest BCUT2D eigenvalue weighted by Crippen LogP contribution is -2.54. The third-order valence-corrected chi connectivity index (χ3v) is 7.84. The van der Waals surface area contributed by atoms with E-state index in [1.807, 2.05) is 0 Å². The zero-order chi connectivity index (χ0) is 16.1. The molecular formula is C21H32N2. The molecule has 3 unspecified atom stereocenters. The van der Waals surface area contributed by atoms with E-state index in [0.717, 1.165) is 18.5 Å². The van der Waals surface area contributed by atoms with Crippen molar-refractivity contribution >= 4 is 0 Å². The first kappa shape index (κ1) is 15.7. The summed E-state index contributed by atoms with van der Waals surface area (Å²) in [6.45, 7) is 13.8. The van der Waals surface area contributed by atoms with Crippen LogP contribution in [0.1, 0.15) is 45.6 Å². The minimum absolute atomic E-state index is 0.541. The number of rotatable bonds is 3. The standard InChI is InChI=1S/C21H32N2/c1-20(2)18-9-10-21(20,3)19(15-18)23-13-11-22(12-14-23)16-17-7-5-4-6-8-17/h4-8,18-19H,9-16H2,1-3H3. The van der Waals surface area contributed by atoms with E-state index in [2.05, 4.69) is 60.9 Å². The molecule has 0 N–H and O–H groups in total. The highest BCUT2D eigenvalue weighted by Crippen LogP contribution is 2.66. The summed E-state index contributed by atoms with van der Waals surface area (Å²) in [4.78, 5) is 5.47. The molecule has 0 aromatic heterocycles. The van der Waals surface area contributed by atoms with Crippen LogP contribution in [-0.4, -0.2) is 42.0 Å². The average Bonchev–Trinajstić information content (AvgIpc) is 2.90. The Balaban J connectivity index is 1.37. The van der Waals surface area contributed by atoms with Crippen LogP contribution in [0.5, 0.6) is 0 Å². The first-order valence-electron chi connectivity index (χ1n) is 9.51. The van der Waals surface area contributed by atoms with Crippen LogP contribution < -0.4 is 0 Å². The van der Waals surface area contributed by atoms with Crippen molar-refractivity contribution in [2.45, 2.75) is 52.6 Å². The molecule has 1 aliphatic heterocycles. The van der Waals surface area contributed by atoms with Crippen LogP contribution in [0.2, 0.25) is 0 Å². The van der Waals surface area contributed by atoms with Crippen molar-refractivity contribution in [2.75, 3.05) is 26.2 Å². The second kappa shape index (κ2) is 5.60. The molecule has 4 rings (SSSR count). The van der Waals surface area contributed by atoms with Crippen molar-refractivity contribution in [2.24, 2.45) is 16.7 Å². The Morgan fingerprint density at radius 2 is 1.70 bits per heavy atom. The third-order valence-electron chi connectivity index (χ3n) is 7.84. The number of hydrogen-bond donors (Lipinski definition) is 0. The summed E-state index contributed by atoms with van der Waals surface area (Å²) in [5.74, 6) is 0.958. The van der Waals surface area contributed by atoms with E-state index in [9.17, 15) is 0 Å². The fourth-order valence-electron chi connectivity index (χ4n) is 5.79. The molecule has 0 amide bonds. The number of piperazine rings is 1. The van der Waals surface area contributed by atoms with Gasteiger partial charge in [-0.1, -0.05) is 51.1 Å². The molecule has 3 atom stereocenters. The quantitative estimate of drug-likeness (QED) is 0.832. The van der Waals surface area contributed by atoms with Gasteiger partial charge in [0.2, 0.25) is 0 Å². The second-order valence-corrected chi connectivity index (χ2v) is 8.92. The molecule has 23 heavy (non-hydrogen) atoms. The van der Waals surface area contributed by atoms with E-state index in [-0.39, 0.29) is 0 Å². The van der Waals surface area contributed by atoms with Gasteiger partial charge in [-0.3, -0.25) is 9.80 Å². The lowest BCUT2D eigenvalue weighted by Gasteiger charge is -2.47. The molecule has 2 saturated carbocycles. The van der Waals surface area contributed by atoms with Gasteiger partial charge in [-0.2, -0.15) is 0 Å². The Hall–Kier alpha value is -0.860. The van der Waals surface area contributed by atoms with Gasteiger partial charge in [0.1, 0.15) is 0 Å². The highest BCUT2D eigenvalue weighted by Gasteiger charge is 2.62. The van der Waals surface area contributed by atoms with Gasteiger partial charge in [0, 0.05) is 38.8 Å². The van der Waals surface area contributed by atoms with Gasteiger partial charge in [-0.25, -0.2) is 0 Å². The highest BCUT2D eigenvalue weighted by molar-refractivity contribution is 5.15. The molecule has 0 radical (unpaired) electrons. The molecule has 1 saturated heterocycles. The molecule has 2 aliphatic carbocycles. The van der Waals surface area contributed by atoms with Gasteiger partial charge >= 0.3 is 0 Å². The zero-order valence-electron chi connectivity index (χ0n) is 15.1. The second-order valence-electron chi connectivity index (χ2n) is 8.92. The van der Waals surface area contributed by atoms with Crippen molar-refractivity contribution in [3.63, 3.8) is 0 Å². The van der Waals surface area contributed by atoms with Crippen LogP contribution in [0.4, 0.5) is 0 Å². The Bertz CT molecular complexity index is 544. The zero-order valence-corrected chi connectivity index (χ0v) is 15.1. The maximum atomic E-state index is 2.84. The lowest BCUT2D eigenvalue weighted by atomic mass is 9.68. The van der Waals surface area contributed by atoms with Crippen molar-refractivity contribution in [3.05, 3.63) is 35.9 Å². The Morgan fingerprint density at radius 1 is 1.00 bits per heavy atom. The van der Waals surface area contributed by atoms with Crippen molar-refractivity contribution in [1.82, 2.24) is 9.80 Å². The van der Waals surface area contributed by atoms with Crippen molar-refractivity contribution in [1.29, 1.82) is 0 Å². The van der Waals surface area contributed by atoms with Gasteiger partial charge in [0.05, 0.1) is 0 Å². The van der Waals surface area contributed by atoms with E-state index >= 15 is 0 Å². The van der Waals surface area contributed by atoms with Crippen LogP contribution in [-0.2, 0) is 6.54 Å². The first-order chi connectivity index (χ1) is 11.0.